The maximum Gasteiger partial charge on any atom is 0.127 e. The molecule has 0 heterocycles. The Labute approximate surface area is 132 Å². The van der Waals surface area contributed by atoms with E-state index in [1.165, 1.54) is 5.56 Å². The average molecular weight is 304 g/mol. The van der Waals surface area contributed by atoms with Crippen molar-refractivity contribution in [2.45, 2.75) is 32.7 Å². The Balaban J connectivity index is 2.02. The summed E-state index contributed by atoms with van der Waals surface area (Å²) in [6.07, 6.45) is 2.23. The number of nitrogens with one attached hydrogen (secondary N) is 1. The molecular formula is C18H22ClNO. The zero-order valence-corrected chi connectivity index (χ0v) is 13.4. The Morgan fingerprint density at radius 1 is 0.952 bits per heavy atom. The Bertz CT molecular complexity index is 536. The first kappa shape index (κ1) is 15.9. The lowest BCUT2D eigenvalue weighted by Crippen LogP contribution is -2.21. The molecule has 0 amide bonds. The fraction of sp³-hybridized carbons (Fsp3) is 0.333. The molecule has 0 radical (unpaired) electrons. The van der Waals surface area contributed by atoms with Crippen molar-refractivity contribution in [3.8, 4) is 11.5 Å². The minimum Gasteiger partial charge on any atom is -0.457 e. The molecule has 0 bridgehead atoms. The largest absolute Gasteiger partial charge is 0.457 e. The van der Waals surface area contributed by atoms with Gasteiger partial charge in [0, 0.05) is 11.1 Å². The summed E-state index contributed by atoms with van der Waals surface area (Å²) < 4.78 is 5.80. The molecule has 1 atom stereocenters. The number of hydrogen-bond acceptors (Lipinski definition) is 2. The summed E-state index contributed by atoms with van der Waals surface area (Å²) in [5.74, 6) is 1.63. The van der Waals surface area contributed by atoms with Crippen molar-refractivity contribution >= 4 is 11.6 Å². The van der Waals surface area contributed by atoms with Gasteiger partial charge >= 0.3 is 0 Å². The summed E-state index contributed by atoms with van der Waals surface area (Å²) >= 11 is 5.87. The molecule has 2 rings (SSSR count). The quantitative estimate of drug-likeness (QED) is 0.720. The van der Waals surface area contributed by atoms with Crippen LogP contribution < -0.4 is 10.1 Å². The standard InChI is InChI=1S/C18H22ClNO/c1-3-13-20-18(4-2)14-5-9-16(10-6-14)21-17-11-7-15(19)8-12-17/h5-12,18,20H,3-4,13H2,1-2H3. The van der Waals surface area contributed by atoms with Gasteiger partial charge < -0.3 is 10.1 Å². The molecule has 21 heavy (non-hydrogen) atoms. The highest BCUT2D eigenvalue weighted by molar-refractivity contribution is 6.30. The third-order valence-corrected chi connectivity index (χ3v) is 3.63. The first-order valence-corrected chi connectivity index (χ1v) is 7.87. The highest BCUT2D eigenvalue weighted by Gasteiger charge is 2.08. The zero-order chi connectivity index (χ0) is 15.1. The fourth-order valence-electron chi connectivity index (χ4n) is 2.22. The lowest BCUT2D eigenvalue weighted by Gasteiger charge is -2.17. The maximum absolute atomic E-state index is 5.87. The van der Waals surface area contributed by atoms with Gasteiger partial charge in [0.25, 0.3) is 0 Å². The van der Waals surface area contributed by atoms with Crippen molar-refractivity contribution < 1.29 is 4.74 Å². The van der Waals surface area contributed by atoms with Gasteiger partial charge in [-0.15, -0.1) is 0 Å². The van der Waals surface area contributed by atoms with Crippen molar-refractivity contribution in [3.05, 3.63) is 59.1 Å². The Kier molecular flexibility index (Phi) is 6.09. The second-order valence-corrected chi connectivity index (χ2v) is 5.48. The van der Waals surface area contributed by atoms with Crippen LogP contribution in [0.4, 0.5) is 0 Å². The van der Waals surface area contributed by atoms with Gasteiger partial charge in [0.15, 0.2) is 0 Å². The Morgan fingerprint density at radius 2 is 1.52 bits per heavy atom. The van der Waals surface area contributed by atoms with Crippen molar-refractivity contribution in [2.24, 2.45) is 0 Å². The number of hydrogen-bond donors (Lipinski definition) is 1. The van der Waals surface area contributed by atoms with E-state index in [1.807, 2.05) is 36.4 Å². The van der Waals surface area contributed by atoms with E-state index in [0.717, 1.165) is 30.9 Å². The van der Waals surface area contributed by atoms with E-state index in [2.05, 4.69) is 31.3 Å². The van der Waals surface area contributed by atoms with Crippen molar-refractivity contribution in [3.63, 3.8) is 0 Å². The Hall–Kier alpha value is -1.51. The van der Waals surface area contributed by atoms with Crippen LogP contribution in [0.5, 0.6) is 11.5 Å². The highest BCUT2D eigenvalue weighted by atomic mass is 35.5. The SMILES string of the molecule is CCCNC(CC)c1ccc(Oc2ccc(Cl)cc2)cc1. The molecule has 1 unspecified atom stereocenters. The molecule has 0 spiro atoms. The van der Waals surface area contributed by atoms with Crippen LogP contribution in [0.3, 0.4) is 0 Å². The summed E-state index contributed by atoms with van der Waals surface area (Å²) in [6.45, 7) is 5.43. The van der Waals surface area contributed by atoms with E-state index in [-0.39, 0.29) is 0 Å². The minimum atomic E-state index is 0.412. The molecular weight excluding hydrogens is 282 g/mol. The lowest BCUT2D eigenvalue weighted by molar-refractivity contribution is 0.480. The normalized spacial score (nSPS) is 12.1. The van der Waals surface area contributed by atoms with Crippen LogP contribution in [-0.2, 0) is 0 Å². The number of benzene rings is 2. The van der Waals surface area contributed by atoms with Crippen LogP contribution in [0, 0.1) is 0 Å². The van der Waals surface area contributed by atoms with Gasteiger partial charge in [-0.25, -0.2) is 0 Å². The zero-order valence-electron chi connectivity index (χ0n) is 12.6. The smallest absolute Gasteiger partial charge is 0.127 e. The summed E-state index contributed by atoms with van der Waals surface area (Å²) in [7, 11) is 0. The summed E-state index contributed by atoms with van der Waals surface area (Å²) in [6, 6.07) is 16.1. The van der Waals surface area contributed by atoms with E-state index in [0.29, 0.717) is 11.1 Å². The topological polar surface area (TPSA) is 21.3 Å². The second-order valence-electron chi connectivity index (χ2n) is 5.04. The number of rotatable bonds is 7. The highest BCUT2D eigenvalue weighted by Crippen LogP contribution is 2.25. The van der Waals surface area contributed by atoms with Gasteiger partial charge in [-0.1, -0.05) is 37.6 Å². The molecule has 2 aromatic rings. The van der Waals surface area contributed by atoms with E-state index in [4.69, 9.17) is 16.3 Å². The van der Waals surface area contributed by atoms with Crippen LogP contribution in [0.2, 0.25) is 5.02 Å². The van der Waals surface area contributed by atoms with E-state index >= 15 is 0 Å². The molecule has 2 nitrogen and oxygen atoms in total. The average Bonchev–Trinajstić information content (AvgIpc) is 2.52. The van der Waals surface area contributed by atoms with E-state index in [9.17, 15) is 0 Å². The molecule has 0 aliphatic rings. The molecule has 2 aromatic carbocycles. The lowest BCUT2D eigenvalue weighted by atomic mass is 10.0. The van der Waals surface area contributed by atoms with E-state index in [1.54, 1.807) is 0 Å². The van der Waals surface area contributed by atoms with Crippen LogP contribution in [-0.4, -0.2) is 6.54 Å². The number of halogens is 1. The van der Waals surface area contributed by atoms with Crippen LogP contribution >= 0.6 is 11.6 Å². The third kappa shape index (κ3) is 4.76. The van der Waals surface area contributed by atoms with Crippen molar-refractivity contribution in [1.29, 1.82) is 0 Å². The first-order chi connectivity index (χ1) is 10.2. The fourth-order valence-corrected chi connectivity index (χ4v) is 2.35. The predicted molar refractivity (Wildman–Crippen MR) is 89.3 cm³/mol. The maximum atomic E-state index is 5.87. The second kappa shape index (κ2) is 8.06. The van der Waals surface area contributed by atoms with Gasteiger partial charge in [-0.05, 0) is 61.3 Å². The van der Waals surface area contributed by atoms with Crippen molar-refractivity contribution in [2.75, 3.05) is 6.54 Å². The van der Waals surface area contributed by atoms with Gasteiger partial charge in [0.1, 0.15) is 11.5 Å². The molecule has 0 fully saturated rings. The molecule has 0 aliphatic carbocycles. The van der Waals surface area contributed by atoms with Gasteiger partial charge in [-0.2, -0.15) is 0 Å². The number of ether oxygens (including phenoxy) is 1. The molecule has 0 aliphatic heterocycles. The van der Waals surface area contributed by atoms with Crippen LogP contribution in [0.25, 0.3) is 0 Å². The van der Waals surface area contributed by atoms with Crippen molar-refractivity contribution in [1.82, 2.24) is 5.32 Å². The van der Waals surface area contributed by atoms with Crippen LogP contribution in [0.15, 0.2) is 48.5 Å². The Morgan fingerprint density at radius 3 is 2.05 bits per heavy atom. The van der Waals surface area contributed by atoms with E-state index < -0.39 is 0 Å². The molecule has 0 saturated heterocycles. The molecule has 0 saturated carbocycles. The minimum absolute atomic E-state index is 0.412. The third-order valence-electron chi connectivity index (χ3n) is 3.38. The monoisotopic (exact) mass is 303 g/mol. The molecule has 1 N–H and O–H groups in total. The van der Waals surface area contributed by atoms with Gasteiger partial charge in [-0.3, -0.25) is 0 Å². The molecule has 0 aromatic heterocycles. The van der Waals surface area contributed by atoms with Crippen LogP contribution in [0.1, 0.15) is 38.3 Å². The molecule has 112 valence electrons. The summed E-state index contributed by atoms with van der Waals surface area (Å²) in [4.78, 5) is 0. The molecule has 3 heteroatoms. The van der Waals surface area contributed by atoms with Gasteiger partial charge in [0.2, 0.25) is 0 Å². The summed E-state index contributed by atoms with van der Waals surface area (Å²) in [5.41, 5.74) is 1.30. The summed E-state index contributed by atoms with van der Waals surface area (Å²) in [5, 5.41) is 4.27. The first-order valence-electron chi connectivity index (χ1n) is 7.49. The van der Waals surface area contributed by atoms with Gasteiger partial charge in [0.05, 0.1) is 0 Å². The predicted octanol–water partition coefficient (Wildman–Crippen LogP) is 5.58.